The monoisotopic (exact) mass is 401 g/mol. The van der Waals surface area contributed by atoms with Crippen LogP contribution >= 0.6 is 0 Å². The molecule has 0 amide bonds. The summed E-state index contributed by atoms with van der Waals surface area (Å²) in [5.41, 5.74) is 3.68. The van der Waals surface area contributed by atoms with Crippen molar-refractivity contribution in [3.8, 4) is 11.3 Å². The predicted octanol–water partition coefficient (Wildman–Crippen LogP) is 3.25. The number of aromatic amines is 1. The first kappa shape index (κ1) is 18.1. The summed E-state index contributed by atoms with van der Waals surface area (Å²) in [4.78, 5) is 17.4. The van der Waals surface area contributed by atoms with Crippen LogP contribution in [0.2, 0.25) is 0 Å². The van der Waals surface area contributed by atoms with Crippen molar-refractivity contribution in [3.05, 3.63) is 72.6 Å². The Labute approximate surface area is 169 Å². The van der Waals surface area contributed by atoms with Gasteiger partial charge in [0.25, 0.3) is 0 Å². The first-order chi connectivity index (χ1) is 14.7. The van der Waals surface area contributed by atoms with E-state index in [-0.39, 0.29) is 12.4 Å². The SMILES string of the molecule is OCC(Nc1ncc2cc(-c3ncnc4[nH]ncc34)ccc2n1)c1cccc(F)c1. The number of aromatic nitrogens is 6. The van der Waals surface area contributed by atoms with Gasteiger partial charge in [-0.2, -0.15) is 5.10 Å². The molecule has 1 atom stereocenters. The Kier molecular flexibility index (Phi) is 4.49. The Morgan fingerprint density at radius 2 is 2.00 bits per heavy atom. The number of aliphatic hydroxyl groups is 1. The van der Waals surface area contributed by atoms with Crippen molar-refractivity contribution in [2.24, 2.45) is 0 Å². The van der Waals surface area contributed by atoms with Gasteiger partial charge in [0.05, 0.1) is 35.4 Å². The zero-order valence-electron chi connectivity index (χ0n) is 15.6. The van der Waals surface area contributed by atoms with Gasteiger partial charge in [-0.3, -0.25) is 5.10 Å². The fourth-order valence-corrected chi connectivity index (χ4v) is 3.36. The standard InChI is InChI=1S/C21H16FN7O/c22-15-3-1-2-12(7-15)18(10-30)28-21-23-8-14-6-13(4-5-17(14)27-21)19-16-9-26-29-20(16)25-11-24-19/h1-9,11,18,30H,10H2,(H,23,27,28)(H,24,25,26,29). The zero-order chi connectivity index (χ0) is 20.5. The van der Waals surface area contributed by atoms with E-state index in [4.69, 9.17) is 0 Å². The summed E-state index contributed by atoms with van der Waals surface area (Å²) < 4.78 is 13.5. The molecule has 1 unspecified atom stereocenters. The van der Waals surface area contributed by atoms with Crippen molar-refractivity contribution in [1.82, 2.24) is 30.1 Å². The highest BCUT2D eigenvalue weighted by Crippen LogP contribution is 2.27. The summed E-state index contributed by atoms with van der Waals surface area (Å²) >= 11 is 0. The number of nitrogens with one attached hydrogen (secondary N) is 2. The van der Waals surface area contributed by atoms with Crippen molar-refractivity contribution in [2.75, 3.05) is 11.9 Å². The molecule has 30 heavy (non-hydrogen) atoms. The third-order valence-corrected chi connectivity index (χ3v) is 4.84. The molecule has 5 aromatic rings. The van der Waals surface area contributed by atoms with E-state index in [0.29, 0.717) is 17.2 Å². The third kappa shape index (κ3) is 3.31. The average molecular weight is 401 g/mol. The van der Waals surface area contributed by atoms with Crippen LogP contribution < -0.4 is 5.32 Å². The maximum atomic E-state index is 13.5. The topological polar surface area (TPSA) is 112 Å². The Morgan fingerprint density at radius 3 is 2.87 bits per heavy atom. The second-order valence-electron chi connectivity index (χ2n) is 6.76. The molecule has 148 valence electrons. The van der Waals surface area contributed by atoms with Crippen molar-refractivity contribution in [3.63, 3.8) is 0 Å². The van der Waals surface area contributed by atoms with E-state index < -0.39 is 6.04 Å². The Bertz CT molecular complexity index is 1350. The molecule has 3 N–H and O–H groups in total. The lowest BCUT2D eigenvalue weighted by molar-refractivity contribution is 0.275. The summed E-state index contributed by atoms with van der Waals surface area (Å²) in [5, 5.41) is 21.3. The molecule has 0 aliphatic rings. The third-order valence-electron chi connectivity index (χ3n) is 4.84. The number of halogens is 1. The number of rotatable bonds is 5. The molecule has 5 rings (SSSR count). The summed E-state index contributed by atoms with van der Waals surface area (Å²) in [6.07, 6.45) is 4.88. The Balaban J connectivity index is 1.47. The van der Waals surface area contributed by atoms with Crippen molar-refractivity contribution in [2.45, 2.75) is 6.04 Å². The average Bonchev–Trinajstić information content (AvgIpc) is 3.26. The molecule has 2 aromatic carbocycles. The van der Waals surface area contributed by atoms with Crippen LogP contribution in [-0.4, -0.2) is 41.8 Å². The minimum Gasteiger partial charge on any atom is -0.394 e. The van der Waals surface area contributed by atoms with E-state index in [9.17, 15) is 9.50 Å². The number of aliphatic hydroxyl groups excluding tert-OH is 1. The smallest absolute Gasteiger partial charge is 0.223 e. The molecule has 9 heteroatoms. The fourth-order valence-electron chi connectivity index (χ4n) is 3.36. The maximum absolute atomic E-state index is 13.5. The Hall–Kier alpha value is -3.98. The van der Waals surface area contributed by atoms with Crippen molar-refractivity contribution >= 4 is 27.9 Å². The number of fused-ring (bicyclic) bond motifs is 2. The van der Waals surface area contributed by atoms with Gasteiger partial charge in [-0.15, -0.1) is 0 Å². The van der Waals surface area contributed by atoms with Crippen LogP contribution in [0.1, 0.15) is 11.6 Å². The quantitative estimate of drug-likeness (QED) is 0.414. The lowest BCUT2D eigenvalue weighted by Crippen LogP contribution is -2.16. The highest BCUT2D eigenvalue weighted by Gasteiger charge is 2.14. The first-order valence-electron chi connectivity index (χ1n) is 9.25. The van der Waals surface area contributed by atoms with Gasteiger partial charge < -0.3 is 10.4 Å². The molecule has 8 nitrogen and oxygen atoms in total. The molecule has 0 aliphatic heterocycles. The largest absolute Gasteiger partial charge is 0.394 e. The minimum absolute atomic E-state index is 0.224. The number of anilines is 1. The van der Waals surface area contributed by atoms with Gasteiger partial charge in [-0.25, -0.2) is 24.3 Å². The van der Waals surface area contributed by atoms with Crippen LogP contribution in [0, 0.1) is 5.82 Å². The summed E-state index contributed by atoms with van der Waals surface area (Å²) in [5.74, 6) is -0.0195. The van der Waals surface area contributed by atoms with Crippen molar-refractivity contribution in [1.29, 1.82) is 0 Å². The molecule has 0 fully saturated rings. The van der Waals surface area contributed by atoms with Gasteiger partial charge in [0, 0.05) is 17.1 Å². The second-order valence-corrected chi connectivity index (χ2v) is 6.76. The van der Waals surface area contributed by atoms with Crippen LogP contribution in [0.3, 0.4) is 0 Å². The predicted molar refractivity (Wildman–Crippen MR) is 110 cm³/mol. The number of H-pyrrole nitrogens is 1. The summed E-state index contributed by atoms with van der Waals surface area (Å²) in [6, 6.07) is 11.3. The van der Waals surface area contributed by atoms with Crippen molar-refractivity contribution < 1.29 is 9.50 Å². The van der Waals surface area contributed by atoms with Gasteiger partial charge in [-0.05, 0) is 29.8 Å². The van der Waals surface area contributed by atoms with Gasteiger partial charge >= 0.3 is 0 Å². The van der Waals surface area contributed by atoms with Gasteiger partial charge in [0.15, 0.2) is 5.65 Å². The normalized spacial score (nSPS) is 12.3. The zero-order valence-corrected chi connectivity index (χ0v) is 15.6. The highest BCUT2D eigenvalue weighted by atomic mass is 19.1. The second kappa shape index (κ2) is 7.45. The molecule has 0 saturated heterocycles. The van der Waals surface area contributed by atoms with Gasteiger partial charge in [-0.1, -0.05) is 18.2 Å². The maximum Gasteiger partial charge on any atom is 0.223 e. The number of hydrogen-bond donors (Lipinski definition) is 3. The number of hydrogen-bond acceptors (Lipinski definition) is 7. The van der Waals surface area contributed by atoms with Crippen LogP contribution in [0.15, 0.2) is 61.2 Å². The molecule has 3 heterocycles. The van der Waals surface area contributed by atoms with E-state index in [1.807, 2.05) is 18.2 Å². The Morgan fingerprint density at radius 1 is 1.07 bits per heavy atom. The lowest BCUT2D eigenvalue weighted by Gasteiger charge is -2.17. The summed E-state index contributed by atoms with van der Waals surface area (Å²) in [6.45, 7) is -0.224. The molecule has 0 radical (unpaired) electrons. The molecular weight excluding hydrogens is 385 g/mol. The van der Waals surface area contributed by atoms with E-state index in [1.54, 1.807) is 24.5 Å². The fraction of sp³-hybridized carbons (Fsp3) is 0.0952. The molecule has 0 aliphatic carbocycles. The summed E-state index contributed by atoms with van der Waals surface area (Å²) in [7, 11) is 0. The molecule has 3 aromatic heterocycles. The number of benzene rings is 2. The molecule has 0 spiro atoms. The highest BCUT2D eigenvalue weighted by molar-refractivity contribution is 5.93. The lowest BCUT2D eigenvalue weighted by atomic mass is 10.1. The van der Waals surface area contributed by atoms with E-state index in [0.717, 1.165) is 27.5 Å². The van der Waals surface area contributed by atoms with E-state index in [2.05, 4.69) is 35.5 Å². The van der Waals surface area contributed by atoms with Crippen LogP contribution in [0.25, 0.3) is 33.2 Å². The van der Waals surface area contributed by atoms with E-state index in [1.165, 1.54) is 18.5 Å². The van der Waals surface area contributed by atoms with Crippen LogP contribution in [0.5, 0.6) is 0 Å². The van der Waals surface area contributed by atoms with Crippen LogP contribution in [0.4, 0.5) is 10.3 Å². The molecular formula is C21H16FN7O. The minimum atomic E-state index is -0.521. The number of nitrogens with zero attached hydrogens (tertiary/aromatic N) is 5. The molecule has 0 saturated carbocycles. The van der Waals surface area contributed by atoms with E-state index >= 15 is 0 Å². The first-order valence-corrected chi connectivity index (χ1v) is 9.25. The van der Waals surface area contributed by atoms with Crippen LogP contribution in [-0.2, 0) is 0 Å². The van der Waals surface area contributed by atoms with Gasteiger partial charge in [0.2, 0.25) is 5.95 Å². The van der Waals surface area contributed by atoms with Gasteiger partial charge in [0.1, 0.15) is 12.1 Å². The molecule has 0 bridgehead atoms.